The van der Waals surface area contributed by atoms with Crippen LogP contribution in [0.25, 0.3) is 0 Å². The molecule has 14 heavy (non-hydrogen) atoms. The van der Waals surface area contributed by atoms with Crippen molar-refractivity contribution >= 4 is 5.97 Å². The van der Waals surface area contributed by atoms with E-state index in [0.29, 0.717) is 0 Å². The summed E-state index contributed by atoms with van der Waals surface area (Å²) >= 11 is 0. The van der Waals surface area contributed by atoms with Gasteiger partial charge in [0.25, 0.3) is 0 Å². The van der Waals surface area contributed by atoms with Crippen molar-refractivity contribution in [2.75, 3.05) is 7.11 Å². The Bertz CT molecular complexity index is 388. The number of methoxy groups -OCH3 is 1. The molecule has 5 nitrogen and oxygen atoms in total. The topological polar surface area (TPSA) is 87.0 Å². The first-order chi connectivity index (χ1) is 6.49. The Morgan fingerprint density at radius 3 is 2.43 bits per heavy atom. The number of halogens is 1. The third-order valence-electron chi connectivity index (χ3n) is 1.63. The van der Waals surface area contributed by atoms with E-state index in [4.69, 9.17) is 15.3 Å². The zero-order valence-electron chi connectivity index (χ0n) is 7.11. The third kappa shape index (κ3) is 1.41. The minimum atomic E-state index is -1.49. The van der Waals surface area contributed by atoms with Crippen LogP contribution in [0.15, 0.2) is 6.07 Å². The standard InChI is InChI=1S/C8H7FO5/c1-14-4-2-3(8(12)13)6(10)7(11)5(4)9/h2,10-11H,1H3,(H,12,13). The van der Waals surface area contributed by atoms with Gasteiger partial charge in [-0.2, -0.15) is 4.39 Å². The van der Waals surface area contributed by atoms with E-state index >= 15 is 0 Å². The van der Waals surface area contributed by atoms with Crippen molar-refractivity contribution in [3.05, 3.63) is 17.4 Å². The Labute approximate surface area is 78.0 Å². The number of phenolic OH excluding ortho intramolecular Hbond substituents is 1. The van der Waals surface area contributed by atoms with Gasteiger partial charge in [-0.1, -0.05) is 0 Å². The van der Waals surface area contributed by atoms with Crippen molar-refractivity contribution in [2.24, 2.45) is 0 Å². The van der Waals surface area contributed by atoms with Crippen molar-refractivity contribution in [3.8, 4) is 17.2 Å². The van der Waals surface area contributed by atoms with Gasteiger partial charge in [-0.25, -0.2) is 4.79 Å². The molecule has 0 saturated heterocycles. The fourth-order valence-corrected chi connectivity index (χ4v) is 0.923. The second-order valence-electron chi connectivity index (χ2n) is 2.44. The third-order valence-corrected chi connectivity index (χ3v) is 1.63. The lowest BCUT2D eigenvalue weighted by atomic mass is 10.1. The first-order valence-corrected chi connectivity index (χ1v) is 3.50. The molecule has 1 rings (SSSR count). The van der Waals surface area contributed by atoms with Gasteiger partial charge in [-0.05, 0) is 0 Å². The highest BCUT2D eigenvalue weighted by Crippen LogP contribution is 2.37. The SMILES string of the molecule is COc1cc(C(=O)O)c(O)c(O)c1F. The van der Waals surface area contributed by atoms with Crippen LogP contribution < -0.4 is 4.74 Å². The number of hydrogen-bond donors (Lipinski definition) is 3. The van der Waals surface area contributed by atoms with Gasteiger partial charge >= 0.3 is 5.97 Å². The summed E-state index contributed by atoms with van der Waals surface area (Å²) in [6.45, 7) is 0. The van der Waals surface area contributed by atoms with E-state index in [0.717, 1.165) is 13.2 Å². The smallest absolute Gasteiger partial charge is 0.339 e. The molecule has 0 aliphatic heterocycles. The summed E-state index contributed by atoms with van der Waals surface area (Å²) in [6.07, 6.45) is 0. The van der Waals surface area contributed by atoms with Gasteiger partial charge in [0.2, 0.25) is 5.82 Å². The monoisotopic (exact) mass is 202 g/mol. The Kier molecular flexibility index (Phi) is 2.46. The fourth-order valence-electron chi connectivity index (χ4n) is 0.923. The predicted molar refractivity (Wildman–Crippen MR) is 43.2 cm³/mol. The largest absolute Gasteiger partial charge is 0.504 e. The van der Waals surface area contributed by atoms with Crippen molar-refractivity contribution < 1.29 is 29.2 Å². The molecule has 0 amide bonds. The van der Waals surface area contributed by atoms with Crippen LogP contribution >= 0.6 is 0 Å². The maximum atomic E-state index is 13.0. The molecule has 0 fully saturated rings. The highest BCUT2D eigenvalue weighted by molar-refractivity contribution is 5.92. The second-order valence-corrected chi connectivity index (χ2v) is 2.44. The van der Waals surface area contributed by atoms with Crippen LogP contribution in [0, 0.1) is 5.82 Å². The van der Waals surface area contributed by atoms with Crippen molar-refractivity contribution in [1.82, 2.24) is 0 Å². The zero-order chi connectivity index (χ0) is 10.9. The summed E-state index contributed by atoms with van der Waals surface area (Å²) in [7, 11) is 1.11. The number of benzene rings is 1. The lowest BCUT2D eigenvalue weighted by Crippen LogP contribution is -2.00. The van der Waals surface area contributed by atoms with Crippen LogP contribution in [0.1, 0.15) is 10.4 Å². The maximum Gasteiger partial charge on any atom is 0.339 e. The minimum absolute atomic E-state index is 0.447. The number of phenols is 2. The van der Waals surface area contributed by atoms with E-state index in [9.17, 15) is 9.18 Å². The molecule has 0 unspecified atom stereocenters. The maximum absolute atomic E-state index is 13.0. The summed E-state index contributed by atoms with van der Waals surface area (Å²) in [5, 5.41) is 26.6. The van der Waals surface area contributed by atoms with Crippen LogP contribution in [0.4, 0.5) is 4.39 Å². The molecule has 0 bridgehead atoms. The minimum Gasteiger partial charge on any atom is -0.504 e. The molecule has 0 aliphatic carbocycles. The molecular formula is C8H7FO5. The molecule has 3 N–H and O–H groups in total. The van der Waals surface area contributed by atoms with E-state index in [2.05, 4.69) is 4.74 Å². The fraction of sp³-hybridized carbons (Fsp3) is 0.125. The number of aromatic carboxylic acids is 1. The lowest BCUT2D eigenvalue weighted by molar-refractivity contribution is 0.0692. The lowest BCUT2D eigenvalue weighted by Gasteiger charge is -2.07. The van der Waals surface area contributed by atoms with Gasteiger partial charge in [0.15, 0.2) is 17.2 Å². The summed E-state index contributed by atoms with van der Waals surface area (Å²) in [6, 6.07) is 0.784. The summed E-state index contributed by atoms with van der Waals surface area (Å²) < 4.78 is 17.4. The van der Waals surface area contributed by atoms with Crippen molar-refractivity contribution in [3.63, 3.8) is 0 Å². The predicted octanol–water partition coefficient (Wildman–Crippen LogP) is 0.944. The summed E-state index contributed by atoms with van der Waals surface area (Å²) in [5.74, 6) is -5.29. The quantitative estimate of drug-likeness (QED) is 0.621. The number of hydrogen-bond acceptors (Lipinski definition) is 4. The molecule has 0 aliphatic rings. The van der Waals surface area contributed by atoms with E-state index in [-0.39, 0.29) is 0 Å². The van der Waals surface area contributed by atoms with E-state index in [1.165, 1.54) is 0 Å². The molecule has 0 atom stereocenters. The normalized spacial score (nSPS) is 9.86. The second kappa shape index (κ2) is 3.41. The van der Waals surface area contributed by atoms with Gasteiger partial charge in [0.1, 0.15) is 5.56 Å². The van der Waals surface area contributed by atoms with Crippen LogP contribution in [-0.4, -0.2) is 28.4 Å². The molecule has 6 heteroatoms. The zero-order valence-corrected chi connectivity index (χ0v) is 7.11. The Balaban J connectivity index is 3.48. The molecular weight excluding hydrogens is 195 g/mol. The summed E-state index contributed by atoms with van der Waals surface area (Å²) in [5.41, 5.74) is -0.624. The average molecular weight is 202 g/mol. The van der Waals surface area contributed by atoms with Gasteiger partial charge in [0, 0.05) is 6.07 Å². The van der Waals surface area contributed by atoms with Crippen LogP contribution in [-0.2, 0) is 0 Å². The van der Waals surface area contributed by atoms with Crippen LogP contribution in [0.2, 0.25) is 0 Å². The molecule has 0 radical (unpaired) electrons. The van der Waals surface area contributed by atoms with E-state index < -0.39 is 34.6 Å². The Hall–Kier alpha value is -1.98. The summed E-state index contributed by atoms with van der Waals surface area (Å²) in [4.78, 5) is 10.5. The highest BCUT2D eigenvalue weighted by atomic mass is 19.1. The van der Waals surface area contributed by atoms with Crippen molar-refractivity contribution in [2.45, 2.75) is 0 Å². The van der Waals surface area contributed by atoms with Gasteiger partial charge in [-0.3, -0.25) is 0 Å². The highest BCUT2D eigenvalue weighted by Gasteiger charge is 2.21. The first-order valence-electron chi connectivity index (χ1n) is 3.50. The molecule has 0 saturated carbocycles. The van der Waals surface area contributed by atoms with E-state index in [1.807, 2.05) is 0 Å². The average Bonchev–Trinajstić information content (AvgIpc) is 2.14. The number of carboxylic acids is 1. The van der Waals surface area contributed by atoms with E-state index in [1.54, 1.807) is 0 Å². The number of carbonyl (C=O) groups is 1. The van der Waals surface area contributed by atoms with Gasteiger partial charge < -0.3 is 20.1 Å². The number of rotatable bonds is 2. The number of ether oxygens (including phenoxy) is 1. The van der Waals surface area contributed by atoms with Crippen LogP contribution in [0.5, 0.6) is 17.2 Å². The van der Waals surface area contributed by atoms with Gasteiger partial charge in [0.05, 0.1) is 7.11 Å². The number of carboxylic acid groups (broad SMARTS) is 1. The molecule has 76 valence electrons. The molecule has 0 aromatic heterocycles. The Morgan fingerprint density at radius 2 is 2.00 bits per heavy atom. The van der Waals surface area contributed by atoms with Crippen molar-refractivity contribution in [1.29, 1.82) is 0 Å². The molecule has 1 aromatic rings. The Morgan fingerprint density at radius 1 is 1.43 bits per heavy atom. The molecule has 1 aromatic carbocycles. The number of aromatic hydroxyl groups is 2. The molecule has 0 spiro atoms. The van der Waals surface area contributed by atoms with Gasteiger partial charge in [-0.15, -0.1) is 0 Å². The first kappa shape index (κ1) is 10.1. The van der Waals surface area contributed by atoms with Crippen LogP contribution in [0.3, 0.4) is 0 Å². The molecule has 0 heterocycles.